The molecule has 1 aromatic heterocycles. The fourth-order valence-corrected chi connectivity index (χ4v) is 4.81. The predicted octanol–water partition coefficient (Wildman–Crippen LogP) is 5.40. The third-order valence-corrected chi connectivity index (χ3v) is 6.38. The van der Waals surface area contributed by atoms with E-state index >= 15 is 0 Å². The molecule has 29 heavy (non-hydrogen) atoms. The second kappa shape index (κ2) is 9.17. The predicted molar refractivity (Wildman–Crippen MR) is 121 cm³/mol. The Morgan fingerprint density at radius 1 is 1.17 bits per heavy atom. The maximum absolute atomic E-state index is 13.0. The number of nitrogens with zero attached hydrogens (tertiary/aromatic N) is 1. The van der Waals surface area contributed by atoms with Crippen LogP contribution in [0.25, 0.3) is 0 Å². The number of aromatic amines is 1. The molecule has 1 saturated carbocycles. The van der Waals surface area contributed by atoms with Gasteiger partial charge in [-0.3, -0.25) is 9.59 Å². The first-order chi connectivity index (χ1) is 13.8. The van der Waals surface area contributed by atoms with E-state index in [0.717, 1.165) is 29.1 Å². The minimum absolute atomic E-state index is 0.0277. The molecule has 156 valence electrons. The van der Waals surface area contributed by atoms with E-state index in [0.29, 0.717) is 34.9 Å². The van der Waals surface area contributed by atoms with E-state index in [1.807, 2.05) is 32.9 Å². The van der Waals surface area contributed by atoms with Crippen molar-refractivity contribution in [2.24, 2.45) is 5.92 Å². The Kier molecular flexibility index (Phi) is 6.84. The Hall–Kier alpha value is -2.07. The van der Waals surface area contributed by atoms with Crippen molar-refractivity contribution in [3.63, 3.8) is 0 Å². The van der Waals surface area contributed by atoms with Crippen molar-refractivity contribution in [3.8, 4) is 0 Å². The molecule has 1 fully saturated rings. The van der Waals surface area contributed by atoms with Gasteiger partial charge in [-0.05, 0) is 75.3 Å². The number of aryl methyl sites for hydroxylation is 2. The summed E-state index contributed by atoms with van der Waals surface area (Å²) >= 11 is 6.38. The summed E-state index contributed by atoms with van der Waals surface area (Å²) < 4.78 is 0. The molecule has 0 spiro atoms. The Labute approximate surface area is 178 Å². The van der Waals surface area contributed by atoms with E-state index in [9.17, 15) is 9.59 Å². The van der Waals surface area contributed by atoms with Gasteiger partial charge in [0, 0.05) is 47.5 Å². The molecule has 0 amide bonds. The Bertz CT molecular complexity index is 958. The molecule has 0 bridgehead atoms. The van der Waals surface area contributed by atoms with Crippen molar-refractivity contribution in [2.45, 2.75) is 59.3 Å². The zero-order valence-corrected chi connectivity index (χ0v) is 18.7. The van der Waals surface area contributed by atoms with Gasteiger partial charge in [-0.2, -0.15) is 0 Å². The number of carbonyl (C=O) groups excluding carboxylic acids is 1. The average Bonchev–Trinajstić information content (AvgIpc) is 3.15. The lowest BCUT2D eigenvalue weighted by Gasteiger charge is -2.26. The van der Waals surface area contributed by atoms with Crippen molar-refractivity contribution in [1.29, 1.82) is 0 Å². The van der Waals surface area contributed by atoms with Gasteiger partial charge in [0.1, 0.15) is 0 Å². The second-order valence-electron chi connectivity index (χ2n) is 8.49. The summed E-state index contributed by atoms with van der Waals surface area (Å²) in [5.74, 6) is 0.744. The molecule has 2 aromatic rings. The van der Waals surface area contributed by atoms with Crippen LogP contribution in [0, 0.1) is 26.7 Å². The molecule has 0 radical (unpaired) electrons. The van der Waals surface area contributed by atoms with Crippen LogP contribution in [0.15, 0.2) is 23.0 Å². The van der Waals surface area contributed by atoms with Gasteiger partial charge in [0.25, 0.3) is 5.56 Å². The fraction of sp³-hybridized carbons (Fsp3) is 0.500. The van der Waals surface area contributed by atoms with Gasteiger partial charge in [-0.1, -0.05) is 24.4 Å². The lowest BCUT2D eigenvalue weighted by molar-refractivity contribution is 0.0982. The van der Waals surface area contributed by atoms with Crippen LogP contribution in [0.2, 0.25) is 5.02 Å². The van der Waals surface area contributed by atoms with Crippen LogP contribution in [-0.2, 0) is 6.42 Å². The zero-order chi connectivity index (χ0) is 21.1. The smallest absolute Gasteiger partial charge is 0.251 e. The summed E-state index contributed by atoms with van der Waals surface area (Å²) in [7, 11) is 2.08. The third kappa shape index (κ3) is 5.11. The third-order valence-electron chi connectivity index (χ3n) is 6.16. The van der Waals surface area contributed by atoms with Crippen LogP contribution in [0.4, 0.5) is 5.69 Å². The Balaban J connectivity index is 1.78. The van der Waals surface area contributed by atoms with Crippen LogP contribution < -0.4 is 10.5 Å². The lowest BCUT2D eigenvalue weighted by Crippen LogP contribution is -2.25. The van der Waals surface area contributed by atoms with E-state index in [2.05, 4.69) is 16.9 Å². The van der Waals surface area contributed by atoms with Crippen molar-refractivity contribution >= 4 is 23.1 Å². The highest BCUT2D eigenvalue weighted by atomic mass is 35.5. The molecule has 1 heterocycles. The van der Waals surface area contributed by atoms with E-state index in [4.69, 9.17) is 11.6 Å². The highest BCUT2D eigenvalue weighted by molar-refractivity contribution is 6.31. The molecule has 1 aliphatic rings. The zero-order valence-electron chi connectivity index (χ0n) is 17.9. The van der Waals surface area contributed by atoms with Gasteiger partial charge >= 0.3 is 0 Å². The number of anilines is 1. The standard InChI is InChI=1S/C24H31ClN2O2/c1-15-11-16(2)26-24(29)20(15)9-10-23(28)21-12-19(25)13-22(17(21)3)27(4)14-18-7-5-6-8-18/h11-13,18H,5-10,14H2,1-4H3,(H,26,29). The van der Waals surface area contributed by atoms with Crippen LogP contribution >= 0.6 is 11.6 Å². The van der Waals surface area contributed by atoms with Gasteiger partial charge in [0.15, 0.2) is 5.78 Å². The van der Waals surface area contributed by atoms with E-state index in [1.165, 1.54) is 25.7 Å². The number of rotatable bonds is 7. The summed E-state index contributed by atoms with van der Waals surface area (Å²) in [4.78, 5) is 30.3. The number of hydrogen-bond acceptors (Lipinski definition) is 3. The van der Waals surface area contributed by atoms with Crippen molar-refractivity contribution in [2.75, 3.05) is 18.5 Å². The van der Waals surface area contributed by atoms with Gasteiger partial charge in [-0.15, -0.1) is 0 Å². The fourth-order valence-electron chi connectivity index (χ4n) is 4.59. The SMILES string of the molecule is Cc1cc(C)c(CCC(=O)c2cc(Cl)cc(N(C)CC3CCCC3)c2C)c(=O)[nH]1. The quantitative estimate of drug-likeness (QED) is 0.617. The molecule has 0 unspecified atom stereocenters. The van der Waals surface area contributed by atoms with Crippen molar-refractivity contribution < 1.29 is 4.79 Å². The first-order valence-corrected chi connectivity index (χ1v) is 10.9. The number of hydrogen-bond donors (Lipinski definition) is 1. The largest absolute Gasteiger partial charge is 0.374 e. The van der Waals surface area contributed by atoms with E-state index in [1.54, 1.807) is 6.07 Å². The summed E-state index contributed by atoms with van der Waals surface area (Å²) in [6.07, 6.45) is 5.91. The molecule has 4 nitrogen and oxygen atoms in total. The van der Waals surface area contributed by atoms with Gasteiger partial charge < -0.3 is 9.88 Å². The van der Waals surface area contributed by atoms with Crippen molar-refractivity contribution in [3.05, 3.63) is 61.5 Å². The van der Waals surface area contributed by atoms with Gasteiger partial charge in [-0.25, -0.2) is 0 Å². The number of benzene rings is 1. The minimum atomic E-state index is -0.102. The molecule has 5 heteroatoms. The number of pyridine rings is 1. The van der Waals surface area contributed by atoms with Crippen LogP contribution in [0.5, 0.6) is 0 Å². The summed E-state index contributed by atoms with van der Waals surface area (Å²) in [6.45, 7) is 6.77. The van der Waals surface area contributed by atoms with Gasteiger partial charge in [0.2, 0.25) is 0 Å². The molecule has 0 saturated heterocycles. The van der Waals surface area contributed by atoms with Gasteiger partial charge in [0.05, 0.1) is 0 Å². The topological polar surface area (TPSA) is 53.2 Å². The number of H-pyrrole nitrogens is 1. The number of aromatic nitrogens is 1. The molecule has 0 atom stereocenters. The molecule has 1 aliphatic carbocycles. The molecule has 0 aliphatic heterocycles. The normalized spacial score (nSPS) is 14.4. The monoisotopic (exact) mass is 414 g/mol. The number of carbonyl (C=O) groups is 1. The first kappa shape index (κ1) is 21.6. The van der Waals surface area contributed by atoms with E-state index in [-0.39, 0.29) is 11.3 Å². The van der Waals surface area contributed by atoms with Crippen LogP contribution in [0.1, 0.15) is 64.8 Å². The molecular weight excluding hydrogens is 384 g/mol. The first-order valence-electron chi connectivity index (χ1n) is 10.5. The highest BCUT2D eigenvalue weighted by Gasteiger charge is 2.21. The maximum atomic E-state index is 13.0. The Morgan fingerprint density at radius 3 is 2.52 bits per heavy atom. The summed E-state index contributed by atoms with van der Waals surface area (Å²) in [6, 6.07) is 5.66. The highest BCUT2D eigenvalue weighted by Crippen LogP contribution is 2.31. The maximum Gasteiger partial charge on any atom is 0.251 e. The molecular formula is C24H31ClN2O2. The average molecular weight is 415 g/mol. The van der Waals surface area contributed by atoms with Crippen LogP contribution in [0.3, 0.4) is 0 Å². The number of Topliss-reactive ketones (excluding diaryl/α,β-unsaturated/α-hetero) is 1. The summed E-state index contributed by atoms with van der Waals surface area (Å²) in [5, 5.41) is 0.580. The van der Waals surface area contributed by atoms with E-state index < -0.39 is 0 Å². The lowest BCUT2D eigenvalue weighted by atomic mass is 9.96. The Morgan fingerprint density at radius 2 is 1.86 bits per heavy atom. The number of nitrogens with one attached hydrogen (secondary N) is 1. The van der Waals surface area contributed by atoms with Crippen molar-refractivity contribution in [1.82, 2.24) is 4.98 Å². The molecule has 3 rings (SSSR count). The molecule has 1 aromatic carbocycles. The minimum Gasteiger partial charge on any atom is -0.374 e. The number of halogens is 1. The number of ketones is 1. The molecule has 1 N–H and O–H groups in total. The summed E-state index contributed by atoms with van der Waals surface area (Å²) in [5.41, 5.74) is 5.00. The van der Waals surface area contributed by atoms with Crippen LogP contribution in [-0.4, -0.2) is 24.4 Å². The second-order valence-corrected chi connectivity index (χ2v) is 8.93.